The van der Waals surface area contributed by atoms with Crippen molar-refractivity contribution in [2.75, 3.05) is 21.2 Å². The Morgan fingerprint density at radius 2 is 1.71 bits per heavy atom. The van der Waals surface area contributed by atoms with E-state index in [0.717, 1.165) is 13.3 Å². The van der Waals surface area contributed by atoms with Crippen LogP contribution in [0.1, 0.15) is 81.6 Å². The Morgan fingerprint density at radius 3 is 2.22 bits per heavy atom. The number of rotatable bonds is 5. The first-order valence-corrected chi connectivity index (χ1v) is 14.7. The number of alkyl halides is 1. The summed E-state index contributed by atoms with van der Waals surface area (Å²) >= 11 is 0. The van der Waals surface area contributed by atoms with Crippen molar-refractivity contribution in [3.05, 3.63) is 11.6 Å². The molecule has 1 fully saturated rings. The van der Waals surface area contributed by atoms with Gasteiger partial charge in [0.25, 0.3) is 5.67 Å². The van der Waals surface area contributed by atoms with Crippen LogP contribution in [0.2, 0.25) is 0 Å². The maximum Gasteiger partial charge on any atom is 0.351 e. The normalized spacial score (nSPS) is 45.1. The Bertz CT molecular complexity index is 995. The van der Waals surface area contributed by atoms with E-state index in [-0.39, 0.29) is 42.3 Å². The van der Waals surface area contributed by atoms with Crippen molar-refractivity contribution in [3.63, 3.8) is 0 Å². The highest BCUT2D eigenvalue weighted by molar-refractivity contribution is 6.08. The van der Waals surface area contributed by atoms with Gasteiger partial charge in [-0.1, -0.05) is 27.7 Å². The topological polar surface area (TPSA) is 112 Å². The number of hydrogen-bond donors (Lipinski definition) is 1. The van der Waals surface area contributed by atoms with E-state index in [2.05, 4.69) is 4.90 Å². The summed E-state index contributed by atoms with van der Waals surface area (Å²) in [5.74, 6) is -4.63. The number of nitrogens with zero attached hydrogens (tertiary/aromatic N) is 1. The molecule has 0 spiro atoms. The average Bonchev–Trinajstić information content (AvgIpc) is 2.88. The predicted octanol–water partition coefficient (Wildman–Crippen LogP) is 4.04. The largest absolute Gasteiger partial charge is 0.456 e. The number of ether oxygens (including phenoxy) is 4. The molecule has 0 radical (unpaired) electrons. The number of carbonyl (C=O) groups excluding carboxylic acids is 3. The maximum atomic E-state index is 16.2. The molecule has 0 aromatic carbocycles. The second-order valence-electron chi connectivity index (χ2n) is 13.0. The molecular weight excluding hydrogens is 533 g/mol. The number of Topliss-reactive ketones (excluding diaryl/α,β-unsaturated/α-hetero) is 2. The number of allylic oxidation sites excluding steroid dienone is 1. The van der Waals surface area contributed by atoms with Gasteiger partial charge < -0.3 is 29.0 Å². The number of ketones is 2. The molecule has 11 atom stereocenters. The van der Waals surface area contributed by atoms with Crippen molar-refractivity contribution >= 4 is 17.5 Å². The second kappa shape index (κ2) is 13.3. The summed E-state index contributed by atoms with van der Waals surface area (Å²) < 4.78 is 40.3. The van der Waals surface area contributed by atoms with Gasteiger partial charge in [-0.25, -0.2) is 9.18 Å². The number of aliphatic hydroxyl groups is 1. The lowest BCUT2D eigenvalue weighted by molar-refractivity contribution is -0.281. The lowest BCUT2D eigenvalue weighted by atomic mass is 9.76. The molecule has 2 aliphatic heterocycles. The van der Waals surface area contributed by atoms with E-state index in [9.17, 15) is 19.5 Å². The number of esters is 1. The van der Waals surface area contributed by atoms with Crippen molar-refractivity contribution in [1.82, 2.24) is 4.90 Å². The molecule has 41 heavy (non-hydrogen) atoms. The van der Waals surface area contributed by atoms with Gasteiger partial charge in [-0.05, 0) is 79.6 Å². The molecule has 1 saturated heterocycles. The van der Waals surface area contributed by atoms with Gasteiger partial charge in [-0.15, -0.1) is 0 Å². The molecule has 2 aliphatic rings. The van der Waals surface area contributed by atoms with E-state index in [1.807, 2.05) is 27.9 Å². The van der Waals surface area contributed by atoms with Gasteiger partial charge in [0, 0.05) is 30.9 Å². The van der Waals surface area contributed by atoms with Crippen molar-refractivity contribution < 1.29 is 42.8 Å². The van der Waals surface area contributed by atoms with Crippen LogP contribution in [0.15, 0.2) is 11.6 Å². The number of halogens is 1. The van der Waals surface area contributed by atoms with Crippen LogP contribution in [0.5, 0.6) is 0 Å². The molecule has 3 unspecified atom stereocenters. The van der Waals surface area contributed by atoms with Crippen molar-refractivity contribution in [1.29, 1.82) is 0 Å². The number of methoxy groups -OCH3 is 1. The van der Waals surface area contributed by atoms with Gasteiger partial charge in [0.2, 0.25) is 0 Å². The first-order valence-electron chi connectivity index (χ1n) is 14.7. The third kappa shape index (κ3) is 7.63. The van der Waals surface area contributed by atoms with Crippen LogP contribution in [0, 0.1) is 17.8 Å². The zero-order chi connectivity index (χ0) is 31.7. The lowest BCUT2D eigenvalue weighted by Crippen LogP contribution is -2.58. The van der Waals surface area contributed by atoms with Crippen LogP contribution >= 0.6 is 0 Å². The van der Waals surface area contributed by atoms with Gasteiger partial charge in [0.15, 0.2) is 17.9 Å². The highest BCUT2D eigenvalue weighted by Gasteiger charge is 2.54. The fourth-order valence-corrected chi connectivity index (χ4v) is 6.45. The third-order valence-electron chi connectivity index (χ3n) is 9.03. The first kappa shape index (κ1) is 35.5. The Labute approximate surface area is 245 Å². The molecular formula is C31H52FNO8. The maximum absolute atomic E-state index is 16.2. The minimum absolute atomic E-state index is 0.115. The Hall–Kier alpha value is -1.72. The summed E-state index contributed by atoms with van der Waals surface area (Å²) in [4.78, 5) is 42.5. The zero-order valence-electron chi connectivity index (χ0n) is 26.9. The van der Waals surface area contributed by atoms with Crippen molar-refractivity contribution in [3.8, 4) is 0 Å². The Kier molecular flexibility index (Phi) is 11.5. The molecule has 2 heterocycles. The van der Waals surface area contributed by atoms with Gasteiger partial charge >= 0.3 is 5.97 Å². The fraction of sp³-hybridized carbons (Fsp3) is 0.839. The molecule has 0 bridgehead atoms. The Morgan fingerprint density at radius 1 is 1.12 bits per heavy atom. The smallest absolute Gasteiger partial charge is 0.351 e. The predicted molar refractivity (Wildman–Crippen MR) is 153 cm³/mol. The van der Waals surface area contributed by atoms with E-state index in [1.165, 1.54) is 27.0 Å². The van der Waals surface area contributed by atoms with Gasteiger partial charge in [-0.2, -0.15) is 0 Å². The van der Waals surface area contributed by atoms with Crippen LogP contribution in [0.4, 0.5) is 4.39 Å². The third-order valence-corrected chi connectivity index (χ3v) is 9.03. The second-order valence-corrected chi connectivity index (χ2v) is 13.0. The summed E-state index contributed by atoms with van der Waals surface area (Å²) in [6.45, 7) is 14.4. The van der Waals surface area contributed by atoms with Crippen LogP contribution in [0.25, 0.3) is 0 Å². The summed E-state index contributed by atoms with van der Waals surface area (Å²) in [6.07, 6.45) is -0.819. The number of carbonyl (C=O) groups is 3. The SMILES string of the molecule is CC[C@H]1OC(=O)[C@@](C)(F)C(=O)[C@H](C)[C@@H](O[C@@H]2OC(C)CC(N(C)C)C2C)[C@](C)(OC)C[C@@H](C)C(=O)/C(C)=C/[C@]1(C)O. The summed E-state index contributed by atoms with van der Waals surface area (Å²) in [5, 5.41) is 11.1. The molecule has 2 rings (SSSR count). The van der Waals surface area contributed by atoms with Crippen molar-refractivity contribution in [2.45, 2.75) is 129 Å². The summed E-state index contributed by atoms with van der Waals surface area (Å²) in [7, 11) is 5.41. The summed E-state index contributed by atoms with van der Waals surface area (Å²) in [5.41, 5.74) is -5.81. The molecule has 10 heteroatoms. The number of cyclic esters (lactones) is 1. The lowest BCUT2D eigenvalue weighted by Gasteiger charge is -2.47. The average molecular weight is 586 g/mol. The molecule has 0 saturated carbocycles. The summed E-state index contributed by atoms with van der Waals surface area (Å²) in [6, 6.07) is 0.121. The molecule has 0 aromatic rings. The van der Waals surface area contributed by atoms with E-state index in [1.54, 1.807) is 27.7 Å². The molecule has 0 aromatic heterocycles. The van der Waals surface area contributed by atoms with Gasteiger partial charge in [0.05, 0.1) is 17.8 Å². The van der Waals surface area contributed by atoms with Crippen LogP contribution in [-0.2, 0) is 33.3 Å². The fourth-order valence-electron chi connectivity index (χ4n) is 6.45. The van der Waals surface area contributed by atoms with E-state index in [0.29, 0.717) is 0 Å². The molecule has 236 valence electrons. The molecule has 1 N–H and O–H groups in total. The van der Waals surface area contributed by atoms with E-state index < -0.39 is 59.0 Å². The Balaban J connectivity index is 2.68. The van der Waals surface area contributed by atoms with Crippen LogP contribution in [0.3, 0.4) is 0 Å². The van der Waals surface area contributed by atoms with Crippen LogP contribution < -0.4 is 0 Å². The number of hydrogen-bond acceptors (Lipinski definition) is 9. The zero-order valence-corrected chi connectivity index (χ0v) is 26.9. The van der Waals surface area contributed by atoms with Crippen molar-refractivity contribution in [2.24, 2.45) is 17.8 Å². The molecule has 9 nitrogen and oxygen atoms in total. The first-order chi connectivity index (χ1) is 18.7. The minimum atomic E-state index is -3.04. The monoisotopic (exact) mass is 585 g/mol. The highest BCUT2D eigenvalue weighted by Crippen LogP contribution is 2.39. The molecule has 0 amide bonds. The highest BCUT2D eigenvalue weighted by atomic mass is 19.1. The molecule has 0 aliphatic carbocycles. The van der Waals surface area contributed by atoms with Gasteiger partial charge in [0.1, 0.15) is 11.7 Å². The van der Waals surface area contributed by atoms with E-state index in [4.69, 9.17) is 18.9 Å². The standard InChI is InChI=1S/C31H52FNO8/c1-13-23-29(7,37)15-17(2)24(34)18(3)16-30(8,38-12)26(21(6)25(35)31(9,32)28(36)40-23)41-27-20(5)22(33(10)11)14-19(4)39-27/h15,18-23,26-27,37H,13-14,16H2,1-12H3/b17-15+/t18-,19?,20?,21+,22?,23-,26-,27+,29+,30-,31+/m1/s1. The quantitative estimate of drug-likeness (QED) is 0.377. The van der Waals surface area contributed by atoms with E-state index >= 15 is 4.39 Å². The van der Waals surface area contributed by atoms with Gasteiger partial charge in [-0.3, -0.25) is 9.59 Å². The van der Waals surface area contributed by atoms with Crippen LogP contribution in [-0.4, -0.2) is 96.3 Å². The minimum Gasteiger partial charge on any atom is -0.456 e.